The number of aromatic nitrogens is 2. The predicted molar refractivity (Wildman–Crippen MR) is 81.3 cm³/mol. The van der Waals surface area contributed by atoms with Crippen molar-refractivity contribution in [3.05, 3.63) is 35.5 Å². The zero-order valence-electron chi connectivity index (χ0n) is 13.2. The molecule has 0 spiro atoms. The Labute approximate surface area is 125 Å². The molecule has 0 aliphatic carbocycles. The van der Waals surface area contributed by atoms with Crippen LogP contribution in [0, 0.1) is 0 Å². The van der Waals surface area contributed by atoms with E-state index in [2.05, 4.69) is 25.9 Å². The average molecular weight is 290 g/mol. The Morgan fingerprint density at radius 3 is 2.43 bits per heavy atom. The third-order valence-electron chi connectivity index (χ3n) is 3.30. The van der Waals surface area contributed by atoms with Crippen LogP contribution in [0.2, 0.25) is 0 Å². The van der Waals surface area contributed by atoms with Gasteiger partial charge in [0.25, 0.3) is 0 Å². The molecule has 0 unspecified atom stereocenters. The summed E-state index contributed by atoms with van der Waals surface area (Å²) in [6.07, 6.45) is 0. The number of aliphatic hydroxyl groups is 1. The Morgan fingerprint density at radius 2 is 1.90 bits per heavy atom. The number of nitrogens with zero attached hydrogens (tertiary/aromatic N) is 2. The highest BCUT2D eigenvalue weighted by Gasteiger charge is 2.27. The highest BCUT2D eigenvalue weighted by Crippen LogP contribution is 2.33. The maximum absolute atomic E-state index is 9.70. The van der Waals surface area contributed by atoms with E-state index in [1.54, 1.807) is 18.9 Å². The fraction of sp³-hybridized carbons (Fsp3) is 0.438. The summed E-state index contributed by atoms with van der Waals surface area (Å²) in [6, 6.07) is 7.57. The molecule has 0 amide bonds. The molecular formula is C16H22N2O3. The molecule has 0 radical (unpaired) electrons. The predicted octanol–water partition coefficient (Wildman–Crippen LogP) is 2.68. The van der Waals surface area contributed by atoms with Crippen LogP contribution in [0.4, 0.5) is 0 Å². The molecule has 0 saturated carbocycles. The quantitative estimate of drug-likeness (QED) is 0.940. The van der Waals surface area contributed by atoms with E-state index in [-0.39, 0.29) is 12.0 Å². The fourth-order valence-corrected chi connectivity index (χ4v) is 2.31. The van der Waals surface area contributed by atoms with Crippen LogP contribution in [-0.4, -0.2) is 29.1 Å². The first-order chi connectivity index (χ1) is 9.92. The summed E-state index contributed by atoms with van der Waals surface area (Å²) < 4.78 is 12.4. The molecule has 0 aliphatic heterocycles. The van der Waals surface area contributed by atoms with Crippen molar-refractivity contribution in [3.8, 4) is 17.3 Å². The van der Waals surface area contributed by atoms with E-state index in [0.717, 1.165) is 17.1 Å². The number of rotatable bonds is 4. The maximum Gasteiger partial charge on any atom is 0.222 e. The Morgan fingerprint density at radius 1 is 1.19 bits per heavy atom. The molecule has 0 aliphatic rings. The normalized spacial score (nSPS) is 11.5. The van der Waals surface area contributed by atoms with Crippen molar-refractivity contribution >= 4 is 0 Å². The van der Waals surface area contributed by atoms with Gasteiger partial charge in [0, 0.05) is 11.5 Å². The lowest BCUT2D eigenvalue weighted by Crippen LogP contribution is -2.15. The van der Waals surface area contributed by atoms with Crippen molar-refractivity contribution in [2.75, 3.05) is 14.2 Å². The van der Waals surface area contributed by atoms with Gasteiger partial charge in [0.15, 0.2) is 0 Å². The lowest BCUT2D eigenvalue weighted by molar-refractivity contribution is 0.269. The van der Waals surface area contributed by atoms with E-state index < -0.39 is 0 Å². The number of hydrogen-bond donors (Lipinski definition) is 1. The van der Waals surface area contributed by atoms with E-state index in [1.165, 1.54) is 0 Å². The van der Waals surface area contributed by atoms with Crippen LogP contribution in [0.25, 0.3) is 5.69 Å². The van der Waals surface area contributed by atoms with Gasteiger partial charge < -0.3 is 14.6 Å². The van der Waals surface area contributed by atoms with Gasteiger partial charge in [-0.1, -0.05) is 26.8 Å². The van der Waals surface area contributed by atoms with Crippen LogP contribution in [0.5, 0.6) is 11.6 Å². The van der Waals surface area contributed by atoms with Crippen LogP contribution < -0.4 is 9.47 Å². The van der Waals surface area contributed by atoms with Gasteiger partial charge in [-0.05, 0) is 12.1 Å². The van der Waals surface area contributed by atoms with Crippen LogP contribution in [0.15, 0.2) is 24.3 Å². The highest BCUT2D eigenvalue weighted by molar-refractivity contribution is 5.45. The second-order valence-electron chi connectivity index (χ2n) is 5.86. The van der Waals surface area contributed by atoms with Gasteiger partial charge in [-0.15, -0.1) is 0 Å². The average Bonchev–Trinajstić information content (AvgIpc) is 2.85. The summed E-state index contributed by atoms with van der Waals surface area (Å²) in [6.45, 7) is 6.07. The Balaban J connectivity index is 2.65. The Hall–Kier alpha value is -2.01. The smallest absolute Gasteiger partial charge is 0.222 e. The largest absolute Gasteiger partial charge is 0.497 e. The minimum absolute atomic E-state index is 0.111. The number of benzene rings is 1. The van der Waals surface area contributed by atoms with Crippen LogP contribution in [0.1, 0.15) is 32.0 Å². The van der Waals surface area contributed by atoms with Gasteiger partial charge in [-0.3, -0.25) is 0 Å². The first-order valence-electron chi connectivity index (χ1n) is 6.84. The third-order valence-corrected chi connectivity index (χ3v) is 3.30. The molecule has 21 heavy (non-hydrogen) atoms. The van der Waals surface area contributed by atoms with E-state index in [9.17, 15) is 5.11 Å². The van der Waals surface area contributed by atoms with Gasteiger partial charge in [0.05, 0.1) is 37.8 Å². The van der Waals surface area contributed by atoms with Crippen LogP contribution in [-0.2, 0) is 12.0 Å². The summed E-state index contributed by atoms with van der Waals surface area (Å²) in [4.78, 5) is 0. The van der Waals surface area contributed by atoms with Crippen molar-refractivity contribution in [2.45, 2.75) is 32.8 Å². The second kappa shape index (κ2) is 5.77. The van der Waals surface area contributed by atoms with E-state index in [4.69, 9.17) is 9.47 Å². The van der Waals surface area contributed by atoms with Gasteiger partial charge in [-0.25, -0.2) is 4.68 Å². The summed E-state index contributed by atoms with van der Waals surface area (Å²) >= 11 is 0. The van der Waals surface area contributed by atoms with E-state index in [1.807, 2.05) is 24.3 Å². The molecule has 2 aromatic rings. The molecule has 1 N–H and O–H groups in total. The first kappa shape index (κ1) is 15.4. The number of methoxy groups -OCH3 is 2. The molecule has 0 bridgehead atoms. The van der Waals surface area contributed by atoms with Crippen LogP contribution >= 0.6 is 0 Å². The third kappa shape index (κ3) is 2.88. The van der Waals surface area contributed by atoms with Gasteiger partial charge >= 0.3 is 0 Å². The van der Waals surface area contributed by atoms with E-state index >= 15 is 0 Å². The van der Waals surface area contributed by atoms with Crippen molar-refractivity contribution in [2.24, 2.45) is 0 Å². The first-order valence-corrected chi connectivity index (χ1v) is 6.84. The molecule has 0 fully saturated rings. The van der Waals surface area contributed by atoms with E-state index in [0.29, 0.717) is 11.4 Å². The lowest BCUT2D eigenvalue weighted by Gasteiger charge is -2.16. The number of aliphatic hydroxyl groups excluding tert-OH is 1. The maximum atomic E-state index is 9.70. The summed E-state index contributed by atoms with van der Waals surface area (Å²) in [5, 5.41) is 14.3. The molecule has 1 aromatic heterocycles. The summed E-state index contributed by atoms with van der Waals surface area (Å²) in [5.41, 5.74) is 2.18. The molecule has 1 heterocycles. The summed E-state index contributed by atoms with van der Waals surface area (Å²) in [7, 11) is 3.21. The minimum atomic E-state index is -0.185. The van der Waals surface area contributed by atoms with Gasteiger partial charge in [0.2, 0.25) is 5.88 Å². The standard InChI is InChI=1S/C16H22N2O3/c1-16(2,3)14-13(10-19)15(21-5)18(17-14)11-7-6-8-12(9-11)20-4/h6-9,19H,10H2,1-5H3. The lowest BCUT2D eigenvalue weighted by atomic mass is 9.89. The molecule has 114 valence electrons. The molecule has 0 saturated heterocycles. The minimum Gasteiger partial charge on any atom is -0.497 e. The van der Waals surface area contributed by atoms with Crippen LogP contribution in [0.3, 0.4) is 0 Å². The zero-order chi connectivity index (χ0) is 15.6. The summed E-state index contributed by atoms with van der Waals surface area (Å²) in [5.74, 6) is 1.29. The van der Waals surface area contributed by atoms with Crippen molar-refractivity contribution in [1.29, 1.82) is 0 Å². The molecule has 5 heteroatoms. The molecular weight excluding hydrogens is 268 g/mol. The second-order valence-corrected chi connectivity index (χ2v) is 5.86. The van der Waals surface area contributed by atoms with Crippen molar-refractivity contribution < 1.29 is 14.6 Å². The Kier molecular flexibility index (Phi) is 4.23. The molecule has 1 aromatic carbocycles. The zero-order valence-corrected chi connectivity index (χ0v) is 13.2. The number of hydrogen-bond acceptors (Lipinski definition) is 4. The monoisotopic (exact) mass is 290 g/mol. The SMILES string of the molecule is COc1cccc(-n2nc(C(C)(C)C)c(CO)c2OC)c1. The highest BCUT2D eigenvalue weighted by atomic mass is 16.5. The van der Waals surface area contributed by atoms with Crippen molar-refractivity contribution in [3.63, 3.8) is 0 Å². The van der Waals surface area contributed by atoms with Gasteiger partial charge in [0.1, 0.15) is 5.75 Å². The Bertz CT molecular complexity index is 627. The fourth-order valence-electron chi connectivity index (χ4n) is 2.31. The molecule has 5 nitrogen and oxygen atoms in total. The topological polar surface area (TPSA) is 56.5 Å². The molecule has 0 atom stereocenters. The molecule has 2 rings (SSSR count). The van der Waals surface area contributed by atoms with Gasteiger partial charge in [-0.2, -0.15) is 5.10 Å². The van der Waals surface area contributed by atoms with Crippen molar-refractivity contribution in [1.82, 2.24) is 9.78 Å². The number of ether oxygens (including phenoxy) is 2.